The van der Waals surface area contributed by atoms with Crippen LogP contribution < -0.4 is 5.73 Å². The Morgan fingerprint density at radius 3 is 2.71 bits per heavy atom. The number of rotatable bonds is 2. The van der Waals surface area contributed by atoms with Crippen molar-refractivity contribution in [3.8, 4) is 10.6 Å². The molecule has 14 heavy (non-hydrogen) atoms. The Morgan fingerprint density at radius 1 is 1.43 bits per heavy atom. The first-order valence-electron chi connectivity index (χ1n) is 3.91. The molecule has 0 amide bonds. The largest absolute Gasteiger partial charge is 0.335 e. The number of hydrogen-bond donors (Lipinski definition) is 2. The highest BCUT2D eigenvalue weighted by Gasteiger charge is 2.10. The summed E-state index contributed by atoms with van der Waals surface area (Å²) in [5.74, 6) is 0.788. The lowest BCUT2D eigenvalue weighted by Gasteiger charge is -1.89. The van der Waals surface area contributed by atoms with E-state index in [1.807, 2.05) is 12.1 Å². The third kappa shape index (κ3) is 1.93. The molecule has 74 valence electrons. The van der Waals surface area contributed by atoms with Crippen LogP contribution in [0.1, 0.15) is 5.82 Å². The van der Waals surface area contributed by atoms with Gasteiger partial charge in [-0.25, -0.2) is 4.98 Å². The monoisotopic (exact) mass is 335 g/mol. The number of nitrogens with zero attached hydrogens (tertiary/aromatic N) is 1. The van der Waals surface area contributed by atoms with Crippen molar-refractivity contribution in [1.29, 1.82) is 0 Å². The van der Waals surface area contributed by atoms with Crippen LogP contribution in [0.2, 0.25) is 0 Å². The molecule has 0 atom stereocenters. The predicted molar refractivity (Wildman–Crippen MR) is 65.2 cm³/mol. The molecule has 0 aliphatic carbocycles. The van der Waals surface area contributed by atoms with E-state index in [1.165, 1.54) is 0 Å². The summed E-state index contributed by atoms with van der Waals surface area (Å²) in [5, 5.41) is 0. The molecule has 2 aromatic heterocycles. The van der Waals surface area contributed by atoms with E-state index in [9.17, 15) is 0 Å². The summed E-state index contributed by atoms with van der Waals surface area (Å²) in [5.41, 5.74) is 6.41. The van der Waals surface area contributed by atoms with Crippen LogP contribution in [0.5, 0.6) is 0 Å². The van der Waals surface area contributed by atoms with Crippen LogP contribution in [0.4, 0.5) is 0 Å². The van der Waals surface area contributed by atoms with E-state index in [0.29, 0.717) is 6.54 Å². The fourth-order valence-corrected chi connectivity index (χ4v) is 3.14. The van der Waals surface area contributed by atoms with E-state index in [0.717, 1.165) is 24.8 Å². The average Bonchev–Trinajstić information content (AvgIpc) is 2.71. The topological polar surface area (TPSA) is 54.7 Å². The second-order valence-electron chi connectivity index (χ2n) is 2.65. The first-order valence-corrected chi connectivity index (χ1v) is 6.31. The van der Waals surface area contributed by atoms with Crippen LogP contribution in [-0.2, 0) is 6.54 Å². The van der Waals surface area contributed by atoms with Crippen molar-refractivity contribution in [2.45, 2.75) is 6.54 Å². The highest BCUT2D eigenvalue weighted by Crippen LogP contribution is 2.33. The Bertz CT molecular complexity index is 449. The Balaban J connectivity index is 2.45. The number of nitrogens with two attached hydrogens (primary N) is 1. The van der Waals surface area contributed by atoms with E-state index in [2.05, 4.69) is 41.8 Å². The van der Waals surface area contributed by atoms with Gasteiger partial charge in [0.25, 0.3) is 0 Å². The lowest BCUT2D eigenvalue weighted by Crippen LogP contribution is -1.97. The molecule has 0 radical (unpaired) electrons. The van der Waals surface area contributed by atoms with Crippen molar-refractivity contribution >= 4 is 43.2 Å². The molecule has 0 saturated carbocycles. The molecule has 0 aliphatic heterocycles. The van der Waals surface area contributed by atoms with Crippen LogP contribution in [0.15, 0.2) is 20.5 Å². The average molecular weight is 337 g/mol. The molecular formula is C8H7Br2N3S. The highest BCUT2D eigenvalue weighted by molar-refractivity contribution is 9.11. The Hall–Kier alpha value is -0.170. The second-order valence-corrected chi connectivity index (χ2v) is 5.91. The number of aromatic amines is 1. The van der Waals surface area contributed by atoms with Gasteiger partial charge in [-0.3, -0.25) is 0 Å². The minimum Gasteiger partial charge on any atom is -0.335 e. The molecule has 2 heterocycles. The van der Waals surface area contributed by atoms with E-state index in [4.69, 9.17) is 5.73 Å². The Kier molecular flexibility index (Phi) is 3.06. The number of imidazole rings is 1. The fourth-order valence-electron chi connectivity index (χ4n) is 1.10. The summed E-state index contributed by atoms with van der Waals surface area (Å²) in [7, 11) is 0. The molecule has 0 saturated heterocycles. The Labute approximate surface area is 102 Å². The summed E-state index contributed by atoms with van der Waals surface area (Å²) in [4.78, 5) is 8.56. The standard InChI is InChI=1S/C8H7Br2N3S/c9-5-2-1-4(14-5)7-8(10)13-6(3-11)12-7/h1-2H,3,11H2,(H,12,13). The van der Waals surface area contributed by atoms with Gasteiger partial charge in [-0.05, 0) is 44.0 Å². The minimum absolute atomic E-state index is 0.422. The molecule has 3 N–H and O–H groups in total. The van der Waals surface area contributed by atoms with E-state index >= 15 is 0 Å². The Morgan fingerprint density at radius 2 is 2.21 bits per heavy atom. The highest BCUT2D eigenvalue weighted by atomic mass is 79.9. The molecule has 2 rings (SSSR count). The molecule has 0 bridgehead atoms. The van der Waals surface area contributed by atoms with E-state index < -0.39 is 0 Å². The molecule has 3 nitrogen and oxygen atoms in total. The van der Waals surface area contributed by atoms with Crippen molar-refractivity contribution in [2.24, 2.45) is 5.73 Å². The first-order chi connectivity index (χ1) is 6.70. The smallest absolute Gasteiger partial charge is 0.121 e. The molecule has 0 spiro atoms. The van der Waals surface area contributed by atoms with Gasteiger partial charge in [0.2, 0.25) is 0 Å². The molecule has 6 heteroatoms. The number of H-pyrrole nitrogens is 1. The van der Waals surface area contributed by atoms with Gasteiger partial charge in [0.15, 0.2) is 0 Å². The van der Waals surface area contributed by atoms with Crippen LogP contribution in [0, 0.1) is 0 Å². The van der Waals surface area contributed by atoms with Gasteiger partial charge in [0.1, 0.15) is 16.1 Å². The molecule has 0 aliphatic rings. The fraction of sp³-hybridized carbons (Fsp3) is 0.125. The number of thiophene rings is 1. The maximum atomic E-state index is 5.49. The van der Waals surface area contributed by atoms with Gasteiger partial charge in [-0.1, -0.05) is 0 Å². The van der Waals surface area contributed by atoms with Crippen LogP contribution in [0.25, 0.3) is 10.6 Å². The minimum atomic E-state index is 0.422. The van der Waals surface area contributed by atoms with E-state index in [-0.39, 0.29) is 0 Å². The summed E-state index contributed by atoms with van der Waals surface area (Å²) < 4.78 is 1.98. The number of aromatic nitrogens is 2. The summed E-state index contributed by atoms with van der Waals surface area (Å²) in [6, 6.07) is 4.03. The van der Waals surface area contributed by atoms with Gasteiger partial charge >= 0.3 is 0 Å². The van der Waals surface area contributed by atoms with Crippen molar-refractivity contribution in [2.75, 3.05) is 0 Å². The maximum Gasteiger partial charge on any atom is 0.121 e. The molecule has 2 aromatic rings. The zero-order valence-electron chi connectivity index (χ0n) is 7.05. The lowest BCUT2D eigenvalue weighted by molar-refractivity contribution is 0.948. The molecular weight excluding hydrogens is 330 g/mol. The van der Waals surface area contributed by atoms with E-state index in [1.54, 1.807) is 11.3 Å². The van der Waals surface area contributed by atoms with Crippen molar-refractivity contribution in [3.63, 3.8) is 0 Å². The normalized spacial score (nSPS) is 10.8. The molecule has 0 aromatic carbocycles. The zero-order valence-corrected chi connectivity index (χ0v) is 11.0. The van der Waals surface area contributed by atoms with Gasteiger partial charge < -0.3 is 10.7 Å². The van der Waals surface area contributed by atoms with Crippen LogP contribution in [-0.4, -0.2) is 9.97 Å². The van der Waals surface area contributed by atoms with Gasteiger partial charge in [-0.2, -0.15) is 0 Å². The summed E-state index contributed by atoms with van der Waals surface area (Å²) in [6.45, 7) is 0.422. The number of halogens is 2. The van der Waals surface area contributed by atoms with Gasteiger partial charge in [0.05, 0.1) is 15.2 Å². The predicted octanol–water partition coefficient (Wildman–Crippen LogP) is 3.12. The number of nitrogens with one attached hydrogen (secondary N) is 1. The number of hydrogen-bond acceptors (Lipinski definition) is 3. The second kappa shape index (κ2) is 4.14. The quantitative estimate of drug-likeness (QED) is 0.885. The van der Waals surface area contributed by atoms with Gasteiger partial charge in [0, 0.05) is 0 Å². The lowest BCUT2D eigenvalue weighted by atomic mass is 10.4. The zero-order chi connectivity index (χ0) is 10.1. The van der Waals surface area contributed by atoms with Crippen molar-refractivity contribution < 1.29 is 0 Å². The third-order valence-corrected chi connectivity index (χ3v) is 3.91. The third-order valence-electron chi connectivity index (χ3n) is 1.71. The van der Waals surface area contributed by atoms with Crippen LogP contribution >= 0.6 is 43.2 Å². The SMILES string of the molecule is NCc1nc(-c2ccc(Br)s2)c(Br)[nH]1. The summed E-state index contributed by atoms with van der Waals surface area (Å²) in [6.07, 6.45) is 0. The summed E-state index contributed by atoms with van der Waals surface area (Å²) >= 11 is 8.48. The first kappa shape index (κ1) is 10.4. The van der Waals surface area contributed by atoms with Crippen molar-refractivity contribution in [3.05, 3.63) is 26.3 Å². The maximum absolute atomic E-state index is 5.49. The molecule has 0 fully saturated rings. The van der Waals surface area contributed by atoms with Crippen molar-refractivity contribution in [1.82, 2.24) is 9.97 Å². The molecule has 0 unspecified atom stereocenters. The van der Waals surface area contributed by atoms with Gasteiger partial charge in [-0.15, -0.1) is 11.3 Å². The van der Waals surface area contributed by atoms with Crippen LogP contribution in [0.3, 0.4) is 0 Å².